The van der Waals surface area contributed by atoms with E-state index in [2.05, 4.69) is 95.1 Å². The van der Waals surface area contributed by atoms with Gasteiger partial charge in [-0.1, -0.05) is 84.9 Å². The van der Waals surface area contributed by atoms with E-state index in [4.69, 9.17) is 0 Å². The minimum Gasteiger partial charge on any atom is -0.286 e. The number of benzene rings is 5. The van der Waals surface area contributed by atoms with E-state index in [1.807, 2.05) is 6.07 Å². The third kappa shape index (κ3) is 2.72. The molecular weight excluding hydrogens is 328 g/mol. The highest BCUT2D eigenvalue weighted by molar-refractivity contribution is 6.22. The van der Waals surface area contributed by atoms with Crippen molar-refractivity contribution in [1.29, 1.82) is 0 Å². The Kier molecular flexibility index (Phi) is 3.80. The second-order valence-corrected chi connectivity index (χ2v) is 6.60. The Labute approximate surface area is 157 Å². The van der Waals surface area contributed by atoms with Crippen molar-refractivity contribution in [2.45, 2.75) is 0 Å². The lowest BCUT2D eigenvalue weighted by Gasteiger charge is -2.09. The molecule has 0 aliphatic rings. The molecule has 0 spiro atoms. The van der Waals surface area contributed by atoms with Crippen molar-refractivity contribution in [3.63, 3.8) is 0 Å². The van der Waals surface area contributed by atoms with Gasteiger partial charge in [0.2, 0.25) is 0 Å². The molecule has 6 aromatic rings. The van der Waals surface area contributed by atoms with E-state index < -0.39 is 0 Å². The van der Waals surface area contributed by atoms with Crippen LogP contribution in [0.15, 0.2) is 103 Å². The second-order valence-electron chi connectivity index (χ2n) is 6.60. The zero-order chi connectivity index (χ0) is 18.1. The number of aromatic nitrogens is 2. The number of fused-ring (bicyclic) bond motifs is 7. The van der Waals surface area contributed by atoms with Crippen molar-refractivity contribution in [2.24, 2.45) is 0 Å². The summed E-state index contributed by atoms with van der Waals surface area (Å²) in [6, 6.07) is 32.6. The zero-order valence-electron chi connectivity index (χ0n) is 14.8. The Morgan fingerprint density at radius 2 is 0.926 bits per heavy atom. The average molecular weight is 346 g/mol. The minimum absolute atomic E-state index is 1.30. The molecule has 0 saturated carbocycles. The first-order valence-corrected chi connectivity index (χ1v) is 9.07. The average Bonchev–Trinajstić information content (AvgIpc) is 3.33. The van der Waals surface area contributed by atoms with Crippen LogP contribution in [0.1, 0.15) is 0 Å². The molecule has 0 amide bonds. The highest BCUT2D eigenvalue weighted by atomic mass is 15.1. The Hall–Kier alpha value is -3.65. The summed E-state index contributed by atoms with van der Waals surface area (Å²) in [7, 11) is 0. The first-order valence-electron chi connectivity index (χ1n) is 9.07. The molecule has 1 N–H and O–H groups in total. The third-order valence-corrected chi connectivity index (χ3v) is 5.05. The van der Waals surface area contributed by atoms with E-state index >= 15 is 0 Å². The summed E-state index contributed by atoms with van der Waals surface area (Å²) in [4.78, 5) is 0. The van der Waals surface area contributed by atoms with Crippen molar-refractivity contribution in [1.82, 2.24) is 10.2 Å². The molecule has 128 valence electrons. The van der Waals surface area contributed by atoms with Crippen molar-refractivity contribution in [2.75, 3.05) is 0 Å². The number of aromatic amines is 1. The van der Waals surface area contributed by atoms with Crippen LogP contribution in [0.25, 0.3) is 43.1 Å². The van der Waals surface area contributed by atoms with Gasteiger partial charge >= 0.3 is 0 Å². The van der Waals surface area contributed by atoms with Crippen LogP contribution in [0.4, 0.5) is 0 Å². The number of nitrogens with one attached hydrogen (secondary N) is 1. The standard InChI is InChI=1S/C22H14.C3H4N2/c1-3-7-17-15(5-1)9-11-21-19(17)13-14-20-18-8-4-2-6-16(18)10-12-22(20)21;1-2-4-5-3-1/h1-14H;1-3H,(H,4,5). The van der Waals surface area contributed by atoms with Gasteiger partial charge in [-0.3, -0.25) is 5.10 Å². The highest BCUT2D eigenvalue weighted by Crippen LogP contribution is 2.34. The fourth-order valence-electron chi connectivity index (χ4n) is 3.80. The molecule has 5 aromatic carbocycles. The molecule has 0 atom stereocenters. The maximum Gasteiger partial charge on any atom is 0.0487 e. The monoisotopic (exact) mass is 346 g/mol. The van der Waals surface area contributed by atoms with Gasteiger partial charge in [-0.05, 0) is 49.2 Å². The van der Waals surface area contributed by atoms with Crippen molar-refractivity contribution in [3.05, 3.63) is 103 Å². The van der Waals surface area contributed by atoms with Gasteiger partial charge in [-0.2, -0.15) is 5.10 Å². The van der Waals surface area contributed by atoms with Gasteiger partial charge in [-0.25, -0.2) is 0 Å². The summed E-state index contributed by atoms with van der Waals surface area (Å²) in [6.45, 7) is 0. The molecule has 0 saturated heterocycles. The predicted molar refractivity (Wildman–Crippen MR) is 115 cm³/mol. The molecule has 27 heavy (non-hydrogen) atoms. The molecule has 6 rings (SSSR count). The van der Waals surface area contributed by atoms with E-state index in [1.165, 1.54) is 43.1 Å². The summed E-state index contributed by atoms with van der Waals surface area (Å²) in [5.41, 5.74) is 0. The van der Waals surface area contributed by atoms with E-state index in [1.54, 1.807) is 12.4 Å². The van der Waals surface area contributed by atoms with Crippen LogP contribution < -0.4 is 0 Å². The van der Waals surface area contributed by atoms with Gasteiger partial charge in [0.15, 0.2) is 0 Å². The molecule has 0 fully saturated rings. The smallest absolute Gasteiger partial charge is 0.0487 e. The number of rotatable bonds is 0. The van der Waals surface area contributed by atoms with Gasteiger partial charge in [0.1, 0.15) is 0 Å². The Morgan fingerprint density at radius 1 is 0.444 bits per heavy atom. The molecule has 1 heterocycles. The Bertz CT molecular complexity index is 1250. The van der Waals surface area contributed by atoms with Gasteiger partial charge in [0.25, 0.3) is 0 Å². The molecule has 1 aromatic heterocycles. The lowest BCUT2D eigenvalue weighted by Crippen LogP contribution is -1.82. The maximum atomic E-state index is 3.60. The van der Waals surface area contributed by atoms with E-state index in [-0.39, 0.29) is 0 Å². The molecule has 0 aliphatic carbocycles. The Balaban J connectivity index is 0.000000280. The summed E-state index contributed by atoms with van der Waals surface area (Å²) >= 11 is 0. The summed E-state index contributed by atoms with van der Waals surface area (Å²) in [5, 5.41) is 16.8. The van der Waals surface area contributed by atoms with Crippen LogP contribution >= 0.6 is 0 Å². The van der Waals surface area contributed by atoms with Gasteiger partial charge in [0, 0.05) is 12.4 Å². The maximum absolute atomic E-state index is 3.60. The molecule has 0 unspecified atom stereocenters. The van der Waals surface area contributed by atoms with E-state index in [9.17, 15) is 0 Å². The third-order valence-electron chi connectivity index (χ3n) is 5.05. The first-order chi connectivity index (χ1) is 13.4. The largest absolute Gasteiger partial charge is 0.286 e. The van der Waals surface area contributed by atoms with Crippen molar-refractivity contribution in [3.8, 4) is 0 Å². The Morgan fingerprint density at radius 3 is 1.37 bits per heavy atom. The van der Waals surface area contributed by atoms with E-state index in [0.717, 1.165) is 0 Å². The van der Waals surface area contributed by atoms with E-state index in [0.29, 0.717) is 0 Å². The lowest BCUT2D eigenvalue weighted by atomic mass is 9.94. The fourth-order valence-corrected chi connectivity index (χ4v) is 3.80. The minimum atomic E-state index is 1.30. The molecule has 2 nitrogen and oxygen atoms in total. The van der Waals surface area contributed by atoms with Crippen LogP contribution in [0.5, 0.6) is 0 Å². The second kappa shape index (κ2) is 6.58. The first kappa shape index (κ1) is 15.6. The van der Waals surface area contributed by atoms with Crippen molar-refractivity contribution < 1.29 is 0 Å². The zero-order valence-corrected chi connectivity index (χ0v) is 14.8. The fraction of sp³-hybridized carbons (Fsp3) is 0. The van der Waals surface area contributed by atoms with Crippen molar-refractivity contribution >= 4 is 43.1 Å². The predicted octanol–water partition coefficient (Wildman–Crippen LogP) is 6.71. The highest BCUT2D eigenvalue weighted by Gasteiger charge is 2.06. The SMILES string of the molecule is c1ccc2c(c1)ccc1c2ccc2c3ccccc3ccc21.c1cn[nH]c1. The van der Waals surface area contributed by atoms with Gasteiger partial charge in [0.05, 0.1) is 0 Å². The summed E-state index contributed by atoms with van der Waals surface area (Å²) in [5.74, 6) is 0. The molecule has 0 aliphatic heterocycles. The molecular formula is C25H18N2. The molecule has 2 heteroatoms. The number of hydrogen-bond donors (Lipinski definition) is 1. The summed E-state index contributed by atoms with van der Waals surface area (Å²) < 4.78 is 0. The number of nitrogens with zero attached hydrogens (tertiary/aromatic N) is 1. The summed E-state index contributed by atoms with van der Waals surface area (Å²) in [6.07, 6.45) is 3.46. The van der Waals surface area contributed by atoms with Crippen LogP contribution in [-0.4, -0.2) is 10.2 Å². The van der Waals surface area contributed by atoms with Crippen LogP contribution in [0.3, 0.4) is 0 Å². The van der Waals surface area contributed by atoms with Crippen LogP contribution in [-0.2, 0) is 0 Å². The molecule has 0 bridgehead atoms. The van der Waals surface area contributed by atoms with Crippen LogP contribution in [0, 0.1) is 0 Å². The normalized spacial score (nSPS) is 11.0. The number of H-pyrrole nitrogens is 1. The van der Waals surface area contributed by atoms with Gasteiger partial charge < -0.3 is 0 Å². The quantitative estimate of drug-likeness (QED) is 0.304. The van der Waals surface area contributed by atoms with Gasteiger partial charge in [-0.15, -0.1) is 0 Å². The topological polar surface area (TPSA) is 28.7 Å². The molecule has 0 radical (unpaired) electrons. The lowest BCUT2D eigenvalue weighted by molar-refractivity contribution is 1.09. The number of hydrogen-bond acceptors (Lipinski definition) is 1. The van der Waals surface area contributed by atoms with Crippen LogP contribution in [0.2, 0.25) is 0 Å².